The van der Waals surface area contributed by atoms with Gasteiger partial charge in [0.05, 0.1) is 17.8 Å². The van der Waals surface area contributed by atoms with Crippen LogP contribution in [0.15, 0.2) is 48.7 Å². The highest BCUT2D eigenvalue weighted by molar-refractivity contribution is 6.32. The molecule has 162 valence electrons. The minimum absolute atomic E-state index is 0.592. The Morgan fingerprint density at radius 2 is 1.81 bits per heavy atom. The Hall–Kier alpha value is -2.83. The molecule has 1 N–H and O–H groups in total. The summed E-state index contributed by atoms with van der Waals surface area (Å²) in [6.07, 6.45) is 2.54. The standard InChI is InChI=1S/C24H28ClN5O/c1-17-16-26-24(28-22(17)14-18-4-9-21(25)23(15-18)31-3)27-19-5-7-20(8-6-19)30-12-10-29(2)11-13-30/h4-9,15-16H,10-14H2,1-3H3,(H,26,27,28). The van der Waals surface area contributed by atoms with E-state index < -0.39 is 0 Å². The number of benzene rings is 2. The van der Waals surface area contributed by atoms with Gasteiger partial charge in [0, 0.05) is 50.2 Å². The molecule has 0 unspecified atom stereocenters. The largest absolute Gasteiger partial charge is 0.495 e. The van der Waals surface area contributed by atoms with E-state index in [1.54, 1.807) is 7.11 Å². The van der Waals surface area contributed by atoms with Crippen LogP contribution in [0.4, 0.5) is 17.3 Å². The number of anilines is 3. The first-order chi connectivity index (χ1) is 15.0. The van der Waals surface area contributed by atoms with Crippen LogP contribution in [0, 0.1) is 6.92 Å². The normalized spacial score (nSPS) is 14.5. The molecular weight excluding hydrogens is 410 g/mol. The monoisotopic (exact) mass is 437 g/mol. The van der Waals surface area contributed by atoms with Crippen molar-refractivity contribution in [2.75, 3.05) is 50.6 Å². The zero-order valence-corrected chi connectivity index (χ0v) is 19.0. The van der Waals surface area contributed by atoms with E-state index in [-0.39, 0.29) is 0 Å². The third-order valence-electron chi connectivity index (χ3n) is 5.66. The zero-order valence-electron chi connectivity index (χ0n) is 18.2. The van der Waals surface area contributed by atoms with E-state index >= 15 is 0 Å². The van der Waals surface area contributed by atoms with Gasteiger partial charge < -0.3 is 19.9 Å². The van der Waals surface area contributed by atoms with Crippen LogP contribution in [-0.2, 0) is 6.42 Å². The molecule has 1 fully saturated rings. The summed E-state index contributed by atoms with van der Waals surface area (Å²) in [6, 6.07) is 14.3. The number of piperazine rings is 1. The number of likely N-dealkylation sites (N-methyl/N-ethyl adjacent to an activating group) is 1. The molecule has 1 aliphatic heterocycles. The maximum absolute atomic E-state index is 6.15. The van der Waals surface area contributed by atoms with Crippen molar-refractivity contribution in [1.82, 2.24) is 14.9 Å². The van der Waals surface area contributed by atoms with Gasteiger partial charge in [0.1, 0.15) is 5.75 Å². The summed E-state index contributed by atoms with van der Waals surface area (Å²) >= 11 is 6.15. The number of methoxy groups -OCH3 is 1. The van der Waals surface area contributed by atoms with E-state index in [1.807, 2.05) is 31.3 Å². The summed E-state index contributed by atoms with van der Waals surface area (Å²) in [4.78, 5) is 14.0. The minimum Gasteiger partial charge on any atom is -0.495 e. The zero-order chi connectivity index (χ0) is 21.8. The summed E-state index contributed by atoms with van der Waals surface area (Å²) in [7, 11) is 3.79. The van der Waals surface area contributed by atoms with Crippen LogP contribution in [0.2, 0.25) is 5.02 Å². The second-order valence-electron chi connectivity index (χ2n) is 7.93. The molecule has 1 saturated heterocycles. The van der Waals surface area contributed by atoms with Gasteiger partial charge in [-0.25, -0.2) is 9.97 Å². The van der Waals surface area contributed by atoms with Gasteiger partial charge in [-0.05, 0) is 61.5 Å². The van der Waals surface area contributed by atoms with Gasteiger partial charge in [-0.1, -0.05) is 17.7 Å². The third-order valence-corrected chi connectivity index (χ3v) is 5.97. The van der Waals surface area contributed by atoms with Crippen molar-refractivity contribution < 1.29 is 4.74 Å². The van der Waals surface area contributed by atoms with Crippen LogP contribution in [0.1, 0.15) is 16.8 Å². The van der Waals surface area contributed by atoms with E-state index in [0.29, 0.717) is 23.1 Å². The van der Waals surface area contributed by atoms with Crippen molar-refractivity contribution in [3.05, 3.63) is 70.5 Å². The lowest BCUT2D eigenvalue weighted by atomic mass is 10.1. The second-order valence-corrected chi connectivity index (χ2v) is 8.34. The Kier molecular flexibility index (Phi) is 6.59. The number of hydrogen-bond acceptors (Lipinski definition) is 6. The number of nitrogens with one attached hydrogen (secondary N) is 1. The maximum Gasteiger partial charge on any atom is 0.227 e. The van der Waals surface area contributed by atoms with Crippen molar-refractivity contribution in [1.29, 1.82) is 0 Å². The predicted octanol–water partition coefficient (Wildman–Crippen LogP) is 4.53. The molecule has 0 atom stereocenters. The van der Waals surface area contributed by atoms with Gasteiger partial charge in [0.25, 0.3) is 0 Å². The van der Waals surface area contributed by atoms with Crippen molar-refractivity contribution in [3.63, 3.8) is 0 Å². The lowest BCUT2D eigenvalue weighted by Gasteiger charge is -2.34. The number of aromatic nitrogens is 2. The highest BCUT2D eigenvalue weighted by atomic mass is 35.5. The molecule has 4 rings (SSSR count). The topological polar surface area (TPSA) is 53.5 Å². The van der Waals surface area contributed by atoms with Crippen molar-refractivity contribution in [3.8, 4) is 5.75 Å². The first-order valence-electron chi connectivity index (χ1n) is 10.5. The molecule has 0 saturated carbocycles. The smallest absolute Gasteiger partial charge is 0.227 e. The van der Waals surface area contributed by atoms with Crippen molar-refractivity contribution >= 4 is 28.9 Å². The van der Waals surface area contributed by atoms with Gasteiger partial charge >= 0.3 is 0 Å². The summed E-state index contributed by atoms with van der Waals surface area (Å²) in [5.74, 6) is 1.26. The fourth-order valence-electron chi connectivity index (χ4n) is 3.67. The highest BCUT2D eigenvalue weighted by Crippen LogP contribution is 2.27. The SMILES string of the molecule is COc1cc(Cc2nc(Nc3ccc(N4CCN(C)CC4)cc3)ncc2C)ccc1Cl. The first-order valence-corrected chi connectivity index (χ1v) is 10.8. The molecule has 0 bridgehead atoms. The average molecular weight is 438 g/mol. The first kappa shape index (κ1) is 21.4. The Bertz CT molecular complexity index is 1030. The van der Waals surface area contributed by atoms with E-state index in [9.17, 15) is 0 Å². The molecule has 31 heavy (non-hydrogen) atoms. The van der Waals surface area contributed by atoms with Crippen molar-refractivity contribution in [2.24, 2.45) is 0 Å². The van der Waals surface area contributed by atoms with Crippen LogP contribution in [-0.4, -0.2) is 55.2 Å². The molecule has 1 aromatic heterocycles. The molecule has 0 amide bonds. The summed E-state index contributed by atoms with van der Waals surface area (Å²) in [6.45, 7) is 6.34. The fourth-order valence-corrected chi connectivity index (χ4v) is 3.87. The van der Waals surface area contributed by atoms with Crippen LogP contribution >= 0.6 is 11.6 Å². The van der Waals surface area contributed by atoms with Crippen molar-refractivity contribution in [2.45, 2.75) is 13.3 Å². The molecule has 0 spiro atoms. The van der Waals surface area contributed by atoms with E-state index in [1.165, 1.54) is 5.69 Å². The predicted molar refractivity (Wildman–Crippen MR) is 127 cm³/mol. The number of nitrogens with zero attached hydrogens (tertiary/aromatic N) is 4. The Morgan fingerprint density at radius 1 is 1.06 bits per heavy atom. The van der Waals surface area contributed by atoms with Gasteiger partial charge in [-0.3, -0.25) is 0 Å². The van der Waals surface area contributed by atoms with Crippen LogP contribution < -0.4 is 15.0 Å². The quantitative estimate of drug-likeness (QED) is 0.611. The third kappa shape index (κ3) is 5.27. The molecule has 3 aromatic rings. The lowest BCUT2D eigenvalue weighted by Crippen LogP contribution is -2.44. The minimum atomic E-state index is 0.592. The molecule has 2 aromatic carbocycles. The summed E-state index contributed by atoms with van der Waals surface area (Å²) < 4.78 is 5.33. The van der Waals surface area contributed by atoms with Crippen LogP contribution in [0.25, 0.3) is 0 Å². The molecule has 1 aliphatic rings. The molecule has 6 nitrogen and oxygen atoms in total. The molecule has 7 heteroatoms. The fraction of sp³-hybridized carbons (Fsp3) is 0.333. The highest BCUT2D eigenvalue weighted by Gasteiger charge is 2.14. The molecule has 2 heterocycles. The van der Waals surface area contributed by atoms with Gasteiger partial charge in [-0.15, -0.1) is 0 Å². The summed E-state index contributed by atoms with van der Waals surface area (Å²) in [5, 5.41) is 3.94. The molecule has 0 radical (unpaired) electrons. The summed E-state index contributed by atoms with van der Waals surface area (Å²) in [5.41, 5.74) is 5.33. The second kappa shape index (κ2) is 9.54. The molecular formula is C24H28ClN5O. The van der Waals surface area contributed by atoms with Crippen LogP contribution in [0.3, 0.4) is 0 Å². The number of hydrogen-bond donors (Lipinski definition) is 1. The van der Waals surface area contributed by atoms with Crippen LogP contribution in [0.5, 0.6) is 5.75 Å². The van der Waals surface area contributed by atoms with Gasteiger partial charge in [0.15, 0.2) is 0 Å². The molecule has 0 aliphatic carbocycles. The van der Waals surface area contributed by atoms with Gasteiger partial charge in [0.2, 0.25) is 5.95 Å². The number of ether oxygens (including phenoxy) is 1. The number of rotatable bonds is 6. The Labute approximate surface area is 188 Å². The Balaban J connectivity index is 1.46. The lowest BCUT2D eigenvalue weighted by molar-refractivity contribution is 0.313. The van der Waals surface area contributed by atoms with Gasteiger partial charge in [-0.2, -0.15) is 0 Å². The van der Waals surface area contributed by atoms with E-state index in [4.69, 9.17) is 21.3 Å². The number of halogens is 1. The number of aryl methyl sites for hydroxylation is 1. The Morgan fingerprint density at radius 3 is 2.52 bits per heavy atom. The van der Waals surface area contributed by atoms with E-state index in [2.05, 4.69) is 51.4 Å². The van der Waals surface area contributed by atoms with E-state index in [0.717, 1.165) is 48.7 Å². The average Bonchev–Trinajstić information content (AvgIpc) is 2.78. The maximum atomic E-state index is 6.15.